The van der Waals surface area contributed by atoms with Crippen LogP contribution in [0.3, 0.4) is 0 Å². The lowest BCUT2D eigenvalue weighted by atomic mass is 10.0. The minimum Gasteiger partial charge on any atom is -0.506 e. The number of nitrogens with zero attached hydrogens (tertiary/aromatic N) is 5. The molecule has 4 aliphatic heterocycles. The summed E-state index contributed by atoms with van der Waals surface area (Å²) in [6, 6.07) is 6.22. The summed E-state index contributed by atoms with van der Waals surface area (Å²) < 4.78 is 20.8. The van der Waals surface area contributed by atoms with Crippen molar-refractivity contribution in [1.29, 1.82) is 0 Å². The Morgan fingerprint density at radius 3 is 2.68 bits per heavy atom. The standard InChI is InChI=1S/C25H33FN6O2/c1-30-10-3-4-18(30)15-34-25-28-21-14-31(23-20(26)5-2-6-22(23)33)11-9-19(21)24(29-25)32-12-16-7-8-17(13-32)27-16/h2,5-6,16-18,27,33H,3-4,7-15H2,1H3/t16-,17+,18?. The molecule has 0 radical (unpaired) electrons. The fraction of sp³-hybridized carbons (Fsp3) is 0.600. The number of likely N-dealkylation sites (N-methyl/N-ethyl adjacent to an activating group) is 1. The number of para-hydroxylation sites is 1. The van der Waals surface area contributed by atoms with E-state index in [1.54, 1.807) is 0 Å². The first-order valence-corrected chi connectivity index (χ1v) is 12.5. The molecule has 0 aliphatic carbocycles. The van der Waals surface area contributed by atoms with E-state index >= 15 is 0 Å². The van der Waals surface area contributed by atoms with Crippen molar-refractivity contribution in [2.45, 2.75) is 56.8 Å². The average Bonchev–Trinajstić information content (AvgIpc) is 3.40. The van der Waals surface area contributed by atoms with Crippen molar-refractivity contribution in [3.05, 3.63) is 35.3 Å². The van der Waals surface area contributed by atoms with Crippen LogP contribution in [0.15, 0.2) is 18.2 Å². The van der Waals surface area contributed by atoms with Crippen molar-refractivity contribution in [3.63, 3.8) is 0 Å². The molecule has 9 heteroatoms. The zero-order chi connectivity index (χ0) is 23.2. The van der Waals surface area contributed by atoms with Crippen molar-refractivity contribution in [2.24, 2.45) is 0 Å². The van der Waals surface area contributed by atoms with E-state index in [1.807, 2.05) is 4.90 Å². The van der Waals surface area contributed by atoms with E-state index in [0.29, 0.717) is 50.3 Å². The quantitative estimate of drug-likeness (QED) is 0.693. The van der Waals surface area contributed by atoms with Gasteiger partial charge in [0, 0.05) is 43.3 Å². The number of hydrogen-bond donors (Lipinski definition) is 2. The van der Waals surface area contributed by atoms with Gasteiger partial charge < -0.3 is 29.9 Å². The van der Waals surface area contributed by atoms with E-state index < -0.39 is 5.82 Å². The van der Waals surface area contributed by atoms with Crippen LogP contribution in [0.2, 0.25) is 0 Å². The maximum atomic E-state index is 14.6. The molecule has 8 nitrogen and oxygen atoms in total. The molecule has 2 aromatic rings. The summed E-state index contributed by atoms with van der Waals surface area (Å²) in [7, 11) is 2.13. The van der Waals surface area contributed by atoms with Gasteiger partial charge >= 0.3 is 6.01 Å². The van der Waals surface area contributed by atoms with Gasteiger partial charge in [-0.15, -0.1) is 0 Å². The predicted molar refractivity (Wildman–Crippen MR) is 128 cm³/mol. The molecule has 6 rings (SSSR count). The highest BCUT2D eigenvalue weighted by atomic mass is 19.1. The van der Waals surface area contributed by atoms with Crippen molar-refractivity contribution in [2.75, 3.05) is 49.6 Å². The number of nitrogens with one attached hydrogen (secondary N) is 1. The molecule has 5 heterocycles. The highest BCUT2D eigenvalue weighted by molar-refractivity contribution is 5.61. The molecule has 182 valence electrons. The van der Waals surface area contributed by atoms with Gasteiger partial charge in [0.05, 0.1) is 12.2 Å². The van der Waals surface area contributed by atoms with Crippen LogP contribution < -0.4 is 19.9 Å². The fourth-order valence-electron chi connectivity index (χ4n) is 6.05. The minimum atomic E-state index is -0.419. The lowest BCUT2D eigenvalue weighted by molar-refractivity contribution is 0.187. The number of aromatic hydroxyl groups is 1. The zero-order valence-corrected chi connectivity index (χ0v) is 19.7. The summed E-state index contributed by atoms with van der Waals surface area (Å²) in [4.78, 5) is 16.3. The molecule has 0 saturated carbocycles. The van der Waals surface area contributed by atoms with Crippen LogP contribution in [-0.4, -0.2) is 77.9 Å². The predicted octanol–water partition coefficient (Wildman–Crippen LogP) is 2.30. The van der Waals surface area contributed by atoms with Gasteiger partial charge in [0.25, 0.3) is 0 Å². The Morgan fingerprint density at radius 1 is 1.12 bits per heavy atom. The van der Waals surface area contributed by atoms with E-state index in [2.05, 4.69) is 22.2 Å². The number of benzene rings is 1. The number of phenolic OH excluding ortho intramolecular Hbond substituents is 1. The molecule has 4 aliphatic rings. The fourth-order valence-corrected chi connectivity index (χ4v) is 6.05. The first-order chi connectivity index (χ1) is 16.5. The molecule has 0 amide bonds. The van der Waals surface area contributed by atoms with E-state index in [0.717, 1.165) is 43.1 Å². The molecule has 34 heavy (non-hydrogen) atoms. The summed E-state index contributed by atoms with van der Waals surface area (Å²) in [5.74, 6) is 0.505. The lowest BCUT2D eigenvalue weighted by Crippen LogP contribution is -2.52. The minimum absolute atomic E-state index is 0.0443. The van der Waals surface area contributed by atoms with Crippen LogP contribution in [0.25, 0.3) is 0 Å². The SMILES string of the molecule is CN1CCCC1COc1nc2c(c(N3C[C@H]4CC[C@@H](C3)N4)n1)CCN(c1c(O)cccc1F)C2. The van der Waals surface area contributed by atoms with Gasteiger partial charge in [0.2, 0.25) is 0 Å². The maximum Gasteiger partial charge on any atom is 0.318 e. The summed E-state index contributed by atoms with van der Waals surface area (Å²) in [6.45, 7) is 4.54. The molecular weight excluding hydrogens is 435 g/mol. The number of fused-ring (bicyclic) bond motifs is 3. The second-order valence-electron chi connectivity index (χ2n) is 10.2. The average molecular weight is 469 g/mol. The zero-order valence-electron chi connectivity index (χ0n) is 19.7. The van der Waals surface area contributed by atoms with Crippen molar-refractivity contribution >= 4 is 11.5 Å². The molecular formula is C25H33FN6O2. The normalized spacial score (nSPS) is 26.7. The Morgan fingerprint density at radius 2 is 1.94 bits per heavy atom. The Bertz CT molecular complexity index is 1040. The number of likely N-dealkylation sites (tertiary alicyclic amines) is 1. The van der Waals surface area contributed by atoms with Gasteiger partial charge in [-0.1, -0.05) is 6.07 Å². The molecule has 2 bridgehead atoms. The Hall–Kier alpha value is -2.65. The Balaban J connectivity index is 1.32. The monoisotopic (exact) mass is 468 g/mol. The van der Waals surface area contributed by atoms with E-state index in [9.17, 15) is 9.50 Å². The summed E-state index contributed by atoms with van der Waals surface area (Å²) >= 11 is 0. The van der Waals surface area contributed by atoms with E-state index in [-0.39, 0.29) is 11.4 Å². The third-order valence-electron chi connectivity index (χ3n) is 7.90. The topological polar surface area (TPSA) is 77.0 Å². The number of piperazine rings is 1. The van der Waals surface area contributed by atoms with Gasteiger partial charge in [-0.3, -0.25) is 0 Å². The molecule has 3 fully saturated rings. The van der Waals surface area contributed by atoms with Gasteiger partial charge in [-0.25, -0.2) is 4.39 Å². The number of phenols is 1. The molecule has 0 spiro atoms. The van der Waals surface area contributed by atoms with Crippen molar-refractivity contribution < 1.29 is 14.2 Å². The van der Waals surface area contributed by atoms with E-state index in [4.69, 9.17) is 14.7 Å². The molecule has 1 unspecified atom stereocenters. The van der Waals surface area contributed by atoms with Crippen LogP contribution in [0.1, 0.15) is 36.9 Å². The van der Waals surface area contributed by atoms with Crippen molar-refractivity contribution in [3.8, 4) is 11.8 Å². The molecule has 3 atom stereocenters. The van der Waals surface area contributed by atoms with Gasteiger partial charge in [0.15, 0.2) is 0 Å². The summed E-state index contributed by atoms with van der Waals surface area (Å²) in [5.41, 5.74) is 2.22. The second-order valence-corrected chi connectivity index (χ2v) is 10.2. The molecule has 1 aromatic carbocycles. The van der Waals surface area contributed by atoms with Crippen LogP contribution >= 0.6 is 0 Å². The third-order valence-corrected chi connectivity index (χ3v) is 7.90. The van der Waals surface area contributed by atoms with Gasteiger partial charge in [-0.05, 0) is 57.8 Å². The first-order valence-electron chi connectivity index (χ1n) is 12.5. The Labute approximate surface area is 199 Å². The highest BCUT2D eigenvalue weighted by Crippen LogP contribution is 2.37. The summed E-state index contributed by atoms with van der Waals surface area (Å²) in [5, 5.41) is 14.0. The number of ether oxygens (including phenoxy) is 1. The Kier molecular flexibility index (Phi) is 5.69. The van der Waals surface area contributed by atoms with Crippen LogP contribution in [0.4, 0.5) is 15.9 Å². The number of rotatable bonds is 5. The third kappa shape index (κ3) is 4.05. The van der Waals surface area contributed by atoms with Crippen LogP contribution in [0.5, 0.6) is 11.8 Å². The molecule has 3 saturated heterocycles. The number of halogens is 1. The van der Waals surface area contributed by atoms with Gasteiger partial charge in [-0.2, -0.15) is 9.97 Å². The lowest BCUT2D eigenvalue weighted by Gasteiger charge is -2.37. The van der Waals surface area contributed by atoms with E-state index in [1.165, 1.54) is 37.5 Å². The highest BCUT2D eigenvalue weighted by Gasteiger charge is 2.36. The molecule has 1 aromatic heterocycles. The van der Waals surface area contributed by atoms with Crippen LogP contribution in [-0.2, 0) is 13.0 Å². The number of hydrogen-bond acceptors (Lipinski definition) is 8. The van der Waals surface area contributed by atoms with Gasteiger partial charge in [0.1, 0.15) is 29.7 Å². The largest absolute Gasteiger partial charge is 0.506 e. The second kappa shape index (κ2) is 8.85. The number of anilines is 2. The molecule has 2 N–H and O–H groups in total. The first kappa shape index (κ1) is 21.9. The van der Waals surface area contributed by atoms with Crippen LogP contribution in [0, 0.1) is 5.82 Å². The van der Waals surface area contributed by atoms with Crippen molar-refractivity contribution in [1.82, 2.24) is 20.2 Å². The number of aromatic nitrogens is 2. The maximum absolute atomic E-state index is 14.6. The smallest absolute Gasteiger partial charge is 0.318 e. The summed E-state index contributed by atoms with van der Waals surface area (Å²) in [6.07, 6.45) is 5.41.